The van der Waals surface area contributed by atoms with Crippen LogP contribution in [0.3, 0.4) is 0 Å². The summed E-state index contributed by atoms with van der Waals surface area (Å²) < 4.78 is 48.6. The number of hydrogen-bond acceptors (Lipinski definition) is 4. The molecule has 0 amide bonds. The number of nitrogens with one attached hydrogen (secondary N) is 1. The average Bonchev–Trinajstić information content (AvgIpc) is 3.38. The van der Waals surface area contributed by atoms with E-state index in [-0.39, 0.29) is 17.2 Å². The number of aromatic nitrogens is 2. The summed E-state index contributed by atoms with van der Waals surface area (Å²) >= 11 is 5.69. The van der Waals surface area contributed by atoms with E-state index >= 15 is 0 Å². The van der Waals surface area contributed by atoms with Crippen LogP contribution in [-0.2, 0) is 25.7 Å². The molecule has 4 rings (SSSR count). The lowest BCUT2D eigenvalue weighted by atomic mass is 10.1. The first-order chi connectivity index (χ1) is 18.8. The minimum Gasteiger partial charge on any atom is -0.495 e. The van der Waals surface area contributed by atoms with Gasteiger partial charge in [-0.2, -0.15) is 18.4 Å². The smallest absolute Gasteiger partial charge is 0.416 e. The number of benzene rings is 3. The molecule has 0 aliphatic heterocycles. The van der Waals surface area contributed by atoms with Crippen molar-refractivity contribution < 1.29 is 17.9 Å². The molecule has 6 nitrogen and oxygen atoms in total. The maximum Gasteiger partial charge on any atom is 0.416 e. The number of hydrogen-bond donors (Lipinski definition) is 1. The van der Waals surface area contributed by atoms with Gasteiger partial charge in [-0.25, -0.2) is 4.98 Å². The second kappa shape index (κ2) is 12.5. The number of rotatable bonds is 9. The van der Waals surface area contributed by atoms with E-state index in [0.29, 0.717) is 36.5 Å². The van der Waals surface area contributed by atoms with Crippen molar-refractivity contribution in [2.45, 2.75) is 25.7 Å². The summed E-state index contributed by atoms with van der Waals surface area (Å²) in [5.41, 5.74) is 2.52. The van der Waals surface area contributed by atoms with Gasteiger partial charge in [0.2, 0.25) is 0 Å². The number of thiocarbonyl (C=S) groups is 1. The van der Waals surface area contributed by atoms with Crippen LogP contribution < -0.4 is 10.1 Å². The summed E-state index contributed by atoms with van der Waals surface area (Å²) in [6.07, 6.45) is -0.553. The Morgan fingerprint density at radius 1 is 1.08 bits per heavy atom. The minimum absolute atomic E-state index is 0.0412. The zero-order valence-corrected chi connectivity index (χ0v) is 22.0. The fraction of sp³-hybridized carbons (Fsp3) is 0.207. The number of ether oxygens (including phenoxy) is 1. The molecular weight excluding hydrogens is 523 g/mol. The summed E-state index contributed by atoms with van der Waals surface area (Å²) in [6.45, 7) is 0.842. The summed E-state index contributed by atoms with van der Waals surface area (Å²) in [4.78, 5) is 5.99. The van der Waals surface area contributed by atoms with Crippen LogP contribution >= 0.6 is 12.2 Å². The van der Waals surface area contributed by atoms with Crippen LogP contribution in [0, 0.1) is 11.3 Å². The summed E-state index contributed by atoms with van der Waals surface area (Å²) in [7, 11) is 1.54. The van der Waals surface area contributed by atoms with Crippen molar-refractivity contribution >= 4 is 23.0 Å². The SMILES string of the molecule is COc1ccccc1NC(=S)N(CCc1cncn1Cc1ccc(C#N)cc1)Cc1ccccc1C(F)(F)F. The first-order valence-corrected chi connectivity index (χ1v) is 12.5. The van der Waals surface area contributed by atoms with Crippen molar-refractivity contribution in [1.29, 1.82) is 5.26 Å². The van der Waals surface area contributed by atoms with E-state index in [1.54, 1.807) is 47.8 Å². The van der Waals surface area contributed by atoms with Gasteiger partial charge in [-0.15, -0.1) is 0 Å². The normalized spacial score (nSPS) is 11.1. The predicted octanol–water partition coefficient (Wildman–Crippen LogP) is 6.27. The Morgan fingerprint density at radius 2 is 1.79 bits per heavy atom. The standard InChI is InChI=1S/C29H26F3N5OS/c1-38-27-9-5-4-8-26(27)35-28(39)36(19-23-6-2-3-7-25(23)29(30,31)32)15-14-24-17-34-20-37(24)18-22-12-10-21(16-33)11-13-22/h2-13,17,20H,14-15,18-19H2,1H3,(H,35,39). The van der Waals surface area contributed by atoms with Crippen molar-refractivity contribution in [2.75, 3.05) is 19.0 Å². The fourth-order valence-corrected chi connectivity index (χ4v) is 4.43. The second-order valence-corrected chi connectivity index (χ2v) is 9.17. The van der Waals surface area contributed by atoms with Crippen LogP contribution in [0.25, 0.3) is 0 Å². The molecule has 0 bridgehead atoms. The molecule has 0 saturated heterocycles. The third-order valence-corrected chi connectivity index (χ3v) is 6.55. The summed E-state index contributed by atoms with van der Waals surface area (Å²) in [5.74, 6) is 0.566. The van der Waals surface area contributed by atoms with Crippen LogP contribution in [0.5, 0.6) is 5.75 Å². The molecule has 3 aromatic carbocycles. The van der Waals surface area contributed by atoms with Gasteiger partial charge in [-0.05, 0) is 53.7 Å². The van der Waals surface area contributed by atoms with E-state index in [1.807, 2.05) is 28.8 Å². The number of halogens is 3. The maximum absolute atomic E-state index is 13.7. The van der Waals surface area contributed by atoms with Crippen molar-refractivity contribution in [3.8, 4) is 11.8 Å². The van der Waals surface area contributed by atoms with Gasteiger partial charge in [0, 0.05) is 37.9 Å². The van der Waals surface area contributed by atoms with E-state index < -0.39 is 11.7 Å². The molecule has 0 radical (unpaired) electrons. The monoisotopic (exact) mass is 549 g/mol. The maximum atomic E-state index is 13.7. The van der Waals surface area contributed by atoms with Crippen LogP contribution in [-0.4, -0.2) is 33.2 Å². The Morgan fingerprint density at radius 3 is 2.51 bits per heavy atom. The van der Waals surface area contributed by atoms with Crippen molar-refractivity contribution in [2.24, 2.45) is 0 Å². The highest BCUT2D eigenvalue weighted by Gasteiger charge is 2.33. The quantitative estimate of drug-likeness (QED) is 0.248. The summed E-state index contributed by atoms with van der Waals surface area (Å²) in [6, 6.07) is 22.1. The van der Waals surface area contributed by atoms with Gasteiger partial charge in [0.1, 0.15) is 5.75 Å². The number of imidazole rings is 1. The van der Waals surface area contributed by atoms with Gasteiger partial charge in [-0.3, -0.25) is 0 Å². The Labute approximate surface area is 230 Å². The predicted molar refractivity (Wildman–Crippen MR) is 147 cm³/mol. The number of anilines is 1. The Kier molecular flexibility index (Phi) is 8.84. The Hall–Kier alpha value is -4.36. The van der Waals surface area contributed by atoms with E-state index in [9.17, 15) is 13.2 Å². The van der Waals surface area contributed by atoms with Gasteiger partial charge < -0.3 is 19.5 Å². The summed E-state index contributed by atoms with van der Waals surface area (Å²) in [5, 5.41) is 12.4. The third-order valence-electron chi connectivity index (χ3n) is 6.19. The Bertz CT molecular complexity index is 1460. The molecule has 39 heavy (non-hydrogen) atoms. The lowest BCUT2D eigenvalue weighted by Crippen LogP contribution is -2.36. The molecule has 0 spiro atoms. The van der Waals surface area contributed by atoms with Crippen LogP contribution in [0.1, 0.15) is 27.9 Å². The van der Waals surface area contributed by atoms with Gasteiger partial charge in [-0.1, -0.05) is 42.5 Å². The zero-order chi connectivity index (χ0) is 27.8. The van der Waals surface area contributed by atoms with Crippen LogP contribution in [0.4, 0.5) is 18.9 Å². The lowest BCUT2D eigenvalue weighted by Gasteiger charge is -2.28. The molecule has 1 N–H and O–H groups in total. The highest BCUT2D eigenvalue weighted by molar-refractivity contribution is 7.80. The van der Waals surface area contributed by atoms with Crippen LogP contribution in [0.2, 0.25) is 0 Å². The number of methoxy groups -OCH3 is 1. The van der Waals surface area contributed by atoms with Gasteiger partial charge in [0.05, 0.1) is 36.3 Å². The molecule has 0 unspecified atom stereocenters. The van der Waals surface area contributed by atoms with Gasteiger partial charge in [0.15, 0.2) is 5.11 Å². The first-order valence-electron chi connectivity index (χ1n) is 12.1. The Balaban J connectivity index is 1.56. The molecular formula is C29H26F3N5OS. The van der Waals surface area contributed by atoms with Gasteiger partial charge >= 0.3 is 6.18 Å². The topological polar surface area (TPSA) is 66.1 Å². The molecule has 0 aliphatic rings. The van der Waals surface area contributed by atoms with E-state index in [4.69, 9.17) is 22.2 Å². The van der Waals surface area contributed by atoms with Gasteiger partial charge in [0.25, 0.3) is 0 Å². The molecule has 0 aliphatic carbocycles. The molecule has 1 heterocycles. The number of para-hydroxylation sites is 2. The molecule has 1 aromatic heterocycles. The number of alkyl halides is 3. The number of nitriles is 1. The second-order valence-electron chi connectivity index (χ2n) is 8.78. The van der Waals surface area contributed by atoms with Crippen LogP contribution in [0.15, 0.2) is 85.3 Å². The van der Waals surface area contributed by atoms with E-state index in [2.05, 4.69) is 16.4 Å². The largest absolute Gasteiger partial charge is 0.495 e. The molecule has 0 atom stereocenters. The minimum atomic E-state index is -4.49. The molecule has 4 aromatic rings. The first kappa shape index (κ1) is 27.7. The molecule has 0 fully saturated rings. The molecule has 10 heteroatoms. The lowest BCUT2D eigenvalue weighted by molar-refractivity contribution is -0.138. The number of nitrogens with zero attached hydrogens (tertiary/aromatic N) is 4. The van der Waals surface area contributed by atoms with E-state index in [1.165, 1.54) is 19.2 Å². The van der Waals surface area contributed by atoms with Crippen molar-refractivity contribution in [1.82, 2.24) is 14.5 Å². The average molecular weight is 550 g/mol. The fourth-order valence-electron chi connectivity index (χ4n) is 4.16. The van der Waals surface area contributed by atoms with Crippen molar-refractivity contribution in [3.63, 3.8) is 0 Å². The zero-order valence-electron chi connectivity index (χ0n) is 21.2. The molecule has 200 valence electrons. The molecule has 0 saturated carbocycles. The highest BCUT2D eigenvalue weighted by Crippen LogP contribution is 2.32. The third kappa shape index (κ3) is 7.15. The highest BCUT2D eigenvalue weighted by atomic mass is 32.1. The van der Waals surface area contributed by atoms with E-state index in [0.717, 1.165) is 17.3 Å². The van der Waals surface area contributed by atoms with Crippen molar-refractivity contribution in [3.05, 3.63) is 113 Å².